The predicted molar refractivity (Wildman–Crippen MR) is 37.6 cm³/mol. The molecule has 0 aliphatic rings. The summed E-state index contributed by atoms with van der Waals surface area (Å²) in [4.78, 5) is 0. The molecule has 0 bridgehead atoms. The SMILES string of the molecule is C#CS(=S)I. The molecule has 1 atom stereocenters. The van der Waals surface area contributed by atoms with E-state index in [9.17, 15) is 0 Å². The second-order valence-electron chi connectivity index (χ2n) is 0.341. The Balaban J connectivity index is 3.35. The molecule has 0 amide bonds. The van der Waals surface area contributed by atoms with E-state index in [1.807, 2.05) is 21.2 Å². The zero-order valence-electron chi connectivity index (χ0n) is 2.27. The molecule has 0 rings (SSSR count). The standard InChI is InChI=1S/C2HIS2/c1-2-5(3)4/h1H. The normalized spacial score (nSPS) is 12.8. The molecule has 28 valence electrons. The molecule has 0 aromatic rings. The maximum absolute atomic E-state index is 4.82. The predicted octanol–water partition coefficient (Wildman–Crippen LogP) is 1.01. The molecule has 0 fully saturated rings. The fourth-order valence-corrected chi connectivity index (χ4v) is 0. The first-order valence-electron chi connectivity index (χ1n) is 0.814. The van der Waals surface area contributed by atoms with Crippen molar-refractivity contribution in [3.05, 3.63) is 0 Å². The summed E-state index contributed by atoms with van der Waals surface area (Å²) in [5.41, 5.74) is 0. The van der Waals surface area contributed by atoms with Crippen LogP contribution in [0.4, 0.5) is 0 Å². The third kappa shape index (κ3) is 4.86. The summed E-state index contributed by atoms with van der Waals surface area (Å²) in [5, 5.41) is 2.36. The lowest BCUT2D eigenvalue weighted by Gasteiger charge is -1.63. The summed E-state index contributed by atoms with van der Waals surface area (Å²) in [7, 11) is 0. The Hall–Kier alpha value is 0.860. The second kappa shape index (κ2) is 3.07. The van der Waals surface area contributed by atoms with Crippen LogP contribution in [0.5, 0.6) is 0 Å². The molecular weight excluding hydrogens is 215 g/mol. The number of terminal acetylenes is 1. The van der Waals surface area contributed by atoms with Gasteiger partial charge in [-0.05, 0) is 16.4 Å². The Bertz CT molecular complexity index is 80.1. The van der Waals surface area contributed by atoms with Crippen molar-refractivity contribution in [2.24, 2.45) is 0 Å². The van der Waals surface area contributed by atoms with Gasteiger partial charge in [0.15, 0.2) is 0 Å². The number of halogens is 1. The van der Waals surface area contributed by atoms with E-state index in [2.05, 4.69) is 16.4 Å². The Morgan fingerprint density at radius 1 is 2.00 bits per heavy atom. The van der Waals surface area contributed by atoms with E-state index in [4.69, 9.17) is 6.42 Å². The maximum Gasteiger partial charge on any atom is 0.0174 e. The summed E-state index contributed by atoms with van der Waals surface area (Å²) < 4.78 is 0. The molecule has 0 N–H and O–H groups in total. The van der Waals surface area contributed by atoms with Gasteiger partial charge in [0.1, 0.15) is 0 Å². The highest BCUT2D eigenvalue weighted by atomic mass is 127. The lowest BCUT2D eigenvalue weighted by atomic mass is 11.4. The maximum atomic E-state index is 4.82. The molecule has 3 heteroatoms. The Labute approximate surface area is 50.5 Å². The van der Waals surface area contributed by atoms with Crippen molar-refractivity contribution in [2.75, 3.05) is 0 Å². The van der Waals surface area contributed by atoms with Crippen LogP contribution in [-0.4, -0.2) is 0 Å². The highest BCUT2D eigenvalue weighted by Gasteiger charge is 1.63. The lowest BCUT2D eigenvalue weighted by molar-refractivity contribution is 3.17. The van der Waals surface area contributed by atoms with Crippen molar-refractivity contribution < 1.29 is 0 Å². The molecule has 0 aliphatic carbocycles. The molecule has 0 saturated carbocycles. The molecule has 0 radical (unpaired) electrons. The Kier molecular flexibility index (Phi) is 3.59. The second-order valence-corrected chi connectivity index (χ2v) is 6.46. The van der Waals surface area contributed by atoms with E-state index in [1.165, 1.54) is 0 Å². The Morgan fingerprint density at radius 2 is 2.20 bits per heavy atom. The van der Waals surface area contributed by atoms with Crippen LogP contribution in [0.3, 0.4) is 0 Å². The number of hydrogen-bond donors (Lipinski definition) is 0. The molecule has 0 aliphatic heterocycles. The van der Waals surface area contributed by atoms with Gasteiger partial charge >= 0.3 is 0 Å². The first-order chi connectivity index (χ1) is 2.27. The van der Waals surface area contributed by atoms with Gasteiger partial charge in [-0.1, -0.05) is 0 Å². The monoisotopic (exact) mass is 216 g/mol. The average molecular weight is 216 g/mol. The van der Waals surface area contributed by atoms with Crippen molar-refractivity contribution in [3.63, 3.8) is 0 Å². The van der Waals surface area contributed by atoms with Gasteiger partial charge in [-0.15, -0.1) is 6.42 Å². The van der Waals surface area contributed by atoms with E-state index >= 15 is 0 Å². The van der Waals surface area contributed by atoms with Gasteiger partial charge in [0.05, 0.1) is 0 Å². The van der Waals surface area contributed by atoms with Gasteiger partial charge in [0, 0.05) is 27.8 Å². The van der Waals surface area contributed by atoms with Crippen LogP contribution in [0.1, 0.15) is 0 Å². The topological polar surface area (TPSA) is 0 Å². The fraction of sp³-hybridized carbons (Fsp3) is 0. The molecule has 0 aromatic carbocycles. The van der Waals surface area contributed by atoms with Crippen LogP contribution < -0.4 is 0 Å². The van der Waals surface area contributed by atoms with Gasteiger partial charge in [-0.25, -0.2) is 0 Å². The van der Waals surface area contributed by atoms with Gasteiger partial charge in [-0.2, -0.15) is 0 Å². The van der Waals surface area contributed by atoms with Gasteiger partial charge in [0.25, 0.3) is 0 Å². The van der Waals surface area contributed by atoms with Crippen molar-refractivity contribution in [3.8, 4) is 11.7 Å². The van der Waals surface area contributed by atoms with E-state index < -0.39 is 0 Å². The van der Waals surface area contributed by atoms with Gasteiger partial charge < -0.3 is 0 Å². The molecular formula is C2HIS2. The first-order valence-corrected chi connectivity index (χ1v) is 5.51. The average Bonchev–Trinajstić information content (AvgIpc) is 1.38. The molecule has 0 spiro atoms. The van der Waals surface area contributed by atoms with Crippen LogP contribution in [0.2, 0.25) is 0 Å². The van der Waals surface area contributed by atoms with Crippen molar-refractivity contribution >= 4 is 39.0 Å². The smallest absolute Gasteiger partial charge is 0.0174 e. The summed E-state index contributed by atoms with van der Waals surface area (Å²) in [6.07, 6.45) is 4.82. The zero-order valence-corrected chi connectivity index (χ0v) is 6.06. The van der Waals surface area contributed by atoms with Crippen molar-refractivity contribution in [1.82, 2.24) is 0 Å². The highest BCUT2D eigenvalue weighted by Crippen LogP contribution is 1.87. The van der Waals surface area contributed by atoms with Gasteiger partial charge in [0.2, 0.25) is 0 Å². The third-order valence-corrected chi connectivity index (χ3v) is 1.33. The van der Waals surface area contributed by atoms with Gasteiger partial charge in [-0.3, -0.25) is 0 Å². The van der Waals surface area contributed by atoms with E-state index in [1.54, 1.807) is 0 Å². The van der Waals surface area contributed by atoms with E-state index in [0.29, 0.717) is 0 Å². The van der Waals surface area contributed by atoms with Crippen LogP contribution in [0, 0.1) is 11.7 Å². The quantitative estimate of drug-likeness (QED) is 0.331. The minimum atomic E-state index is -0.241. The largest absolute Gasteiger partial charge is 0.107 e. The number of hydrogen-bond acceptors (Lipinski definition) is 1. The lowest BCUT2D eigenvalue weighted by Crippen LogP contribution is -1.52. The first kappa shape index (κ1) is 5.86. The molecule has 1 unspecified atom stereocenters. The van der Waals surface area contributed by atoms with Crippen LogP contribution >= 0.6 is 21.2 Å². The molecule has 0 aromatic heterocycles. The molecule has 0 heterocycles. The zero-order chi connectivity index (χ0) is 4.28. The van der Waals surface area contributed by atoms with Crippen LogP contribution in [-0.2, 0) is 17.8 Å². The molecule has 5 heavy (non-hydrogen) atoms. The summed E-state index contributed by atoms with van der Waals surface area (Å²) in [6, 6.07) is 0. The third-order valence-electron chi connectivity index (χ3n) is 0.0927. The van der Waals surface area contributed by atoms with Crippen LogP contribution in [0.15, 0.2) is 0 Å². The van der Waals surface area contributed by atoms with Crippen molar-refractivity contribution in [2.45, 2.75) is 0 Å². The highest BCUT2D eigenvalue weighted by molar-refractivity contribution is 14.2. The summed E-state index contributed by atoms with van der Waals surface area (Å²) in [5.74, 6) is 0. The van der Waals surface area contributed by atoms with Crippen LogP contribution in [0.25, 0.3) is 0 Å². The molecule has 0 nitrogen and oxygen atoms in total. The van der Waals surface area contributed by atoms with E-state index in [0.717, 1.165) is 0 Å². The molecule has 0 saturated heterocycles. The summed E-state index contributed by atoms with van der Waals surface area (Å²) in [6.45, 7) is -0.241. The number of rotatable bonds is 0. The fourth-order valence-electron chi connectivity index (χ4n) is 0. The Morgan fingerprint density at radius 3 is 2.20 bits per heavy atom. The van der Waals surface area contributed by atoms with Crippen molar-refractivity contribution in [1.29, 1.82) is 0 Å². The van der Waals surface area contributed by atoms with E-state index in [-0.39, 0.29) is 6.63 Å². The summed E-state index contributed by atoms with van der Waals surface area (Å²) >= 11 is 6.57. The minimum absolute atomic E-state index is 0.241. The minimum Gasteiger partial charge on any atom is -0.107 e.